The van der Waals surface area contributed by atoms with Crippen molar-refractivity contribution in [2.75, 3.05) is 27.3 Å². The minimum Gasteiger partial charge on any atom is -0.497 e. The number of methoxy groups -OCH3 is 2. The molecular weight excluding hydrogens is 470 g/mol. The van der Waals surface area contributed by atoms with Crippen LogP contribution in [0.5, 0.6) is 17.2 Å². The Morgan fingerprint density at radius 2 is 1.91 bits per heavy atom. The van der Waals surface area contributed by atoms with E-state index in [0.717, 1.165) is 22.2 Å². The van der Waals surface area contributed by atoms with E-state index in [1.165, 1.54) is 38.5 Å². The van der Waals surface area contributed by atoms with Gasteiger partial charge in [0.1, 0.15) is 5.75 Å². The maximum atomic E-state index is 12.7. The molecule has 0 spiro atoms. The van der Waals surface area contributed by atoms with Crippen LogP contribution in [0.25, 0.3) is 6.08 Å². The van der Waals surface area contributed by atoms with Crippen LogP contribution in [-0.2, 0) is 16.0 Å². The molecule has 2 aromatic rings. The van der Waals surface area contributed by atoms with E-state index in [1.807, 2.05) is 0 Å². The Kier molecular flexibility index (Phi) is 8.47. The number of benzene rings is 2. The van der Waals surface area contributed by atoms with Crippen molar-refractivity contribution in [2.45, 2.75) is 13.0 Å². The van der Waals surface area contributed by atoms with Gasteiger partial charge in [0.05, 0.1) is 25.5 Å². The van der Waals surface area contributed by atoms with Crippen molar-refractivity contribution in [2.24, 2.45) is 0 Å². The minimum atomic E-state index is -3.01. The van der Waals surface area contributed by atoms with E-state index in [-0.39, 0.29) is 41.8 Å². The van der Waals surface area contributed by atoms with E-state index < -0.39 is 17.8 Å². The molecule has 8 nitrogen and oxygen atoms in total. The number of amides is 3. The Hall–Kier alpha value is -3.60. The van der Waals surface area contributed by atoms with Crippen molar-refractivity contribution >= 4 is 34.9 Å². The molecule has 2 aromatic carbocycles. The maximum absolute atomic E-state index is 12.7. The summed E-state index contributed by atoms with van der Waals surface area (Å²) in [6.07, 6.45) is 1.59. The summed E-state index contributed by atoms with van der Waals surface area (Å²) in [4.78, 5) is 38.3. The lowest BCUT2D eigenvalue weighted by Crippen LogP contribution is -2.37. The van der Waals surface area contributed by atoms with Crippen LogP contribution in [0.4, 0.5) is 13.6 Å². The molecule has 0 aliphatic carbocycles. The minimum absolute atomic E-state index is 0.0103. The fraction of sp³-hybridized carbons (Fsp3) is 0.261. The van der Waals surface area contributed by atoms with Gasteiger partial charge in [-0.15, -0.1) is 0 Å². The summed E-state index contributed by atoms with van der Waals surface area (Å²) in [6, 6.07) is 11.3. The molecule has 1 fully saturated rings. The summed E-state index contributed by atoms with van der Waals surface area (Å²) < 4.78 is 39.5. The van der Waals surface area contributed by atoms with Gasteiger partial charge in [-0.2, -0.15) is 8.78 Å². The van der Waals surface area contributed by atoms with Crippen LogP contribution in [0.1, 0.15) is 11.1 Å². The van der Waals surface area contributed by atoms with Crippen molar-refractivity contribution < 1.29 is 37.4 Å². The lowest BCUT2D eigenvalue weighted by Gasteiger charge is -2.13. The number of thioether (sulfide) groups is 1. The summed E-state index contributed by atoms with van der Waals surface area (Å²) in [7, 11) is 2.84. The highest BCUT2D eigenvalue weighted by Crippen LogP contribution is 2.34. The lowest BCUT2D eigenvalue weighted by molar-refractivity contribution is -0.124. The van der Waals surface area contributed by atoms with E-state index in [0.29, 0.717) is 11.3 Å². The third-order valence-electron chi connectivity index (χ3n) is 4.73. The second-order valence-corrected chi connectivity index (χ2v) is 7.99. The summed E-state index contributed by atoms with van der Waals surface area (Å²) in [6.45, 7) is -2.90. The normalized spacial score (nSPS) is 14.6. The number of ether oxygens (including phenoxy) is 3. The lowest BCUT2D eigenvalue weighted by atomic mass is 10.1. The Labute approximate surface area is 198 Å². The van der Waals surface area contributed by atoms with Crippen LogP contribution in [0.3, 0.4) is 0 Å². The van der Waals surface area contributed by atoms with Crippen molar-refractivity contribution in [3.05, 3.63) is 58.5 Å². The number of hydrogen-bond donors (Lipinski definition) is 1. The Morgan fingerprint density at radius 3 is 2.62 bits per heavy atom. The number of halogens is 2. The molecule has 1 heterocycles. The van der Waals surface area contributed by atoms with E-state index in [2.05, 4.69) is 10.1 Å². The smallest absolute Gasteiger partial charge is 0.387 e. The Balaban J connectivity index is 1.58. The van der Waals surface area contributed by atoms with Crippen LogP contribution in [-0.4, -0.2) is 55.9 Å². The third-order valence-corrected chi connectivity index (χ3v) is 5.64. The van der Waals surface area contributed by atoms with Crippen LogP contribution in [0.2, 0.25) is 0 Å². The molecule has 1 aliphatic rings. The molecule has 11 heteroatoms. The summed E-state index contributed by atoms with van der Waals surface area (Å²) in [5.74, 6) is -0.207. The zero-order chi connectivity index (χ0) is 24.7. The second kappa shape index (κ2) is 11.5. The van der Waals surface area contributed by atoms with Gasteiger partial charge in [-0.1, -0.05) is 18.2 Å². The number of rotatable bonds is 10. The fourth-order valence-electron chi connectivity index (χ4n) is 3.15. The topological polar surface area (TPSA) is 94.2 Å². The molecule has 3 rings (SSSR count). The zero-order valence-corrected chi connectivity index (χ0v) is 19.2. The molecule has 0 unspecified atom stereocenters. The average Bonchev–Trinajstić information content (AvgIpc) is 3.07. The van der Waals surface area contributed by atoms with E-state index >= 15 is 0 Å². The number of imide groups is 1. The van der Waals surface area contributed by atoms with Crippen LogP contribution < -0.4 is 19.5 Å². The fourth-order valence-corrected chi connectivity index (χ4v) is 4.01. The second-order valence-electron chi connectivity index (χ2n) is 7.00. The molecule has 1 N–H and O–H groups in total. The first-order chi connectivity index (χ1) is 16.3. The molecule has 0 saturated carbocycles. The number of hydrogen-bond acceptors (Lipinski definition) is 7. The molecule has 1 aliphatic heterocycles. The van der Waals surface area contributed by atoms with Crippen molar-refractivity contribution in [1.29, 1.82) is 0 Å². The standard InChI is InChI=1S/C23H22F2N2O6S/c1-31-16-5-3-4-14(10-16)13-20(28)26-8-9-27-21(29)19(34-23(27)30)12-15-6-7-17(33-22(24)25)18(11-15)32-2/h3-7,10-12,22H,8-9,13H2,1-2H3,(H,26,28)/b19-12-. The highest BCUT2D eigenvalue weighted by Gasteiger charge is 2.34. The van der Waals surface area contributed by atoms with E-state index in [4.69, 9.17) is 9.47 Å². The first-order valence-electron chi connectivity index (χ1n) is 10.1. The van der Waals surface area contributed by atoms with Gasteiger partial charge in [0, 0.05) is 13.1 Å². The summed E-state index contributed by atoms with van der Waals surface area (Å²) in [5, 5.41) is 2.22. The quantitative estimate of drug-likeness (QED) is 0.506. The molecule has 0 bridgehead atoms. The van der Waals surface area contributed by atoms with Gasteiger partial charge in [0.25, 0.3) is 11.1 Å². The van der Waals surface area contributed by atoms with Crippen LogP contribution >= 0.6 is 11.8 Å². The highest BCUT2D eigenvalue weighted by atomic mass is 32.2. The zero-order valence-electron chi connectivity index (χ0n) is 18.4. The molecule has 0 aromatic heterocycles. The summed E-state index contributed by atoms with van der Waals surface area (Å²) >= 11 is 0.750. The monoisotopic (exact) mass is 492 g/mol. The molecule has 180 valence electrons. The molecule has 3 amide bonds. The Morgan fingerprint density at radius 1 is 1.12 bits per heavy atom. The highest BCUT2D eigenvalue weighted by molar-refractivity contribution is 8.18. The first kappa shape index (κ1) is 25.0. The number of nitrogens with one attached hydrogen (secondary N) is 1. The Bertz CT molecular complexity index is 1110. The number of carbonyl (C=O) groups is 3. The van der Waals surface area contributed by atoms with Crippen LogP contribution in [0, 0.1) is 0 Å². The predicted molar refractivity (Wildman–Crippen MR) is 122 cm³/mol. The first-order valence-corrected chi connectivity index (χ1v) is 10.9. The van der Waals surface area contributed by atoms with Crippen LogP contribution in [0.15, 0.2) is 47.4 Å². The SMILES string of the molecule is COc1cccc(CC(=O)NCCN2C(=O)S/C(=C\c3ccc(OC(F)F)c(OC)c3)C2=O)c1. The number of nitrogens with zero attached hydrogens (tertiary/aromatic N) is 1. The van der Waals surface area contributed by atoms with Gasteiger partial charge in [-0.25, -0.2) is 0 Å². The van der Waals surface area contributed by atoms with Crippen molar-refractivity contribution in [3.63, 3.8) is 0 Å². The predicted octanol–water partition coefficient (Wildman–Crippen LogP) is 3.70. The van der Waals surface area contributed by atoms with E-state index in [1.54, 1.807) is 24.3 Å². The van der Waals surface area contributed by atoms with Gasteiger partial charge in [0.15, 0.2) is 11.5 Å². The van der Waals surface area contributed by atoms with Crippen molar-refractivity contribution in [1.82, 2.24) is 10.2 Å². The third kappa shape index (κ3) is 6.47. The largest absolute Gasteiger partial charge is 0.497 e. The van der Waals surface area contributed by atoms with Gasteiger partial charge in [-0.3, -0.25) is 19.3 Å². The molecular formula is C23H22F2N2O6S. The number of carbonyl (C=O) groups excluding carboxylic acids is 3. The van der Waals surface area contributed by atoms with Gasteiger partial charge in [0.2, 0.25) is 5.91 Å². The van der Waals surface area contributed by atoms with Gasteiger partial charge >= 0.3 is 6.61 Å². The molecule has 34 heavy (non-hydrogen) atoms. The maximum Gasteiger partial charge on any atom is 0.387 e. The number of alkyl halides is 2. The van der Waals surface area contributed by atoms with Crippen molar-refractivity contribution in [3.8, 4) is 17.2 Å². The van der Waals surface area contributed by atoms with Gasteiger partial charge in [-0.05, 0) is 53.2 Å². The molecule has 0 atom stereocenters. The molecule has 1 saturated heterocycles. The van der Waals surface area contributed by atoms with E-state index in [9.17, 15) is 23.2 Å². The molecule has 0 radical (unpaired) electrons. The average molecular weight is 493 g/mol. The summed E-state index contributed by atoms with van der Waals surface area (Å²) in [5.41, 5.74) is 1.24. The van der Waals surface area contributed by atoms with Gasteiger partial charge < -0.3 is 19.5 Å².